The maximum Gasteiger partial charge on any atom is 0.222 e. The predicted octanol–water partition coefficient (Wildman–Crippen LogP) is 1.22. The van der Waals surface area contributed by atoms with Gasteiger partial charge in [-0.05, 0) is 24.5 Å². The molecule has 2 atom stereocenters. The molecule has 0 saturated heterocycles. The number of carbonyl (C=O) groups is 1. The van der Waals surface area contributed by atoms with Gasteiger partial charge in [-0.15, -0.1) is 0 Å². The number of primary amides is 1. The summed E-state index contributed by atoms with van der Waals surface area (Å²) in [4.78, 5) is 15.4. The molecule has 1 aromatic rings. The van der Waals surface area contributed by atoms with E-state index in [1.165, 1.54) is 6.42 Å². The first-order valence-corrected chi connectivity index (χ1v) is 6.19. The molecule has 0 unspecified atom stereocenters. The number of aromatic nitrogens is 1. The van der Waals surface area contributed by atoms with Crippen molar-refractivity contribution >= 4 is 5.91 Å². The van der Waals surface area contributed by atoms with E-state index in [9.17, 15) is 4.79 Å². The first-order valence-electron chi connectivity index (χ1n) is 6.19. The monoisotopic (exact) mass is 233 g/mol. The summed E-state index contributed by atoms with van der Waals surface area (Å²) in [5.74, 6) is -0.186. The Kier molecular flexibility index (Phi) is 4.09. The highest BCUT2D eigenvalue weighted by Crippen LogP contribution is 2.24. The second-order valence-corrected chi connectivity index (χ2v) is 4.64. The number of rotatable bonds is 4. The van der Waals surface area contributed by atoms with E-state index in [1.54, 1.807) is 6.20 Å². The van der Waals surface area contributed by atoms with Crippen molar-refractivity contribution in [3.8, 4) is 0 Å². The lowest BCUT2D eigenvalue weighted by Gasteiger charge is -2.30. The minimum atomic E-state index is -0.173. The molecule has 1 aliphatic carbocycles. The van der Waals surface area contributed by atoms with Gasteiger partial charge in [0.25, 0.3) is 0 Å². The summed E-state index contributed by atoms with van der Waals surface area (Å²) in [5.41, 5.74) is 6.58. The van der Waals surface area contributed by atoms with Crippen molar-refractivity contribution < 1.29 is 4.79 Å². The Hall–Kier alpha value is -1.42. The predicted molar refractivity (Wildman–Crippen MR) is 66.0 cm³/mol. The average Bonchev–Trinajstić information content (AvgIpc) is 2.38. The first kappa shape index (κ1) is 12.0. The summed E-state index contributed by atoms with van der Waals surface area (Å²) >= 11 is 0. The third-order valence-electron chi connectivity index (χ3n) is 3.42. The number of amides is 1. The zero-order chi connectivity index (χ0) is 12.1. The molecule has 3 N–H and O–H groups in total. The summed E-state index contributed by atoms with van der Waals surface area (Å²) in [6.07, 6.45) is 7.84. The highest BCUT2D eigenvalue weighted by Gasteiger charge is 2.28. The zero-order valence-electron chi connectivity index (χ0n) is 9.93. The number of carbonyl (C=O) groups excluding carboxylic acids is 1. The molecule has 92 valence electrons. The fourth-order valence-electron chi connectivity index (χ4n) is 2.47. The van der Waals surface area contributed by atoms with Crippen molar-refractivity contribution in [2.24, 2.45) is 11.7 Å². The summed E-state index contributed by atoms with van der Waals surface area (Å²) in [6.45, 7) is 0.752. The van der Waals surface area contributed by atoms with Gasteiger partial charge in [-0.2, -0.15) is 0 Å². The van der Waals surface area contributed by atoms with Gasteiger partial charge in [-0.25, -0.2) is 0 Å². The highest BCUT2D eigenvalue weighted by molar-refractivity contribution is 5.77. The summed E-state index contributed by atoms with van der Waals surface area (Å²) in [6, 6.07) is 4.17. The molecule has 1 fully saturated rings. The van der Waals surface area contributed by atoms with Crippen LogP contribution in [-0.2, 0) is 11.3 Å². The number of nitrogens with one attached hydrogen (secondary N) is 1. The van der Waals surface area contributed by atoms with E-state index in [1.807, 2.05) is 18.3 Å². The van der Waals surface area contributed by atoms with Crippen molar-refractivity contribution in [3.05, 3.63) is 30.1 Å². The van der Waals surface area contributed by atoms with Gasteiger partial charge in [0.15, 0.2) is 0 Å². The Morgan fingerprint density at radius 1 is 1.47 bits per heavy atom. The van der Waals surface area contributed by atoms with Crippen LogP contribution < -0.4 is 11.1 Å². The van der Waals surface area contributed by atoms with Crippen molar-refractivity contribution in [3.63, 3.8) is 0 Å². The number of nitrogens with zero attached hydrogens (tertiary/aromatic N) is 1. The van der Waals surface area contributed by atoms with Crippen molar-refractivity contribution in [2.75, 3.05) is 0 Å². The molecule has 17 heavy (non-hydrogen) atoms. The highest BCUT2D eigenvalue weighted by atomic mass is 16.1. The van der Waals surface area contributed by atoms with Crippen LogP contribution in [0.1, 0.15) is 31.2 Å². The van der Waals surface area contributed by atoms with E-state index < -0.39 is 0 Å². The first-order chi connectivity index (χ1) is 8.27. The molecule has 1 aliphatic rings. The molecule has 1 heterocycles. The van der Waals surface area contributed by atoms with E-state index in [4.69, 9.17) is 5.73 Å². The maximum absolute atomic E-state index is 11.3. The van der Waals surface area contributed by atoms with Gasteiger partial charge in [-0.1, -0.05) is 18.9 Å². The molecule has 1 amide bonds. The molecule has 4 heteroatoms. The Labute approximate surface area is 102 Å². The van der Waals surface area contributed by atoms with Gasteiger partial charge in [0.05, 0.1) is 5.92 Å². The van der Waals surface area contributed by atoms with Crippen LogP contribution in [0.4, 0.5) is 0 Å². The number of hydrogen-bond donors (Lipinski definition) is 2. The fourth-order valence-corrected chi connectivity index (χ4v) is 2.47. The molecule has 1 aromatic heterocycles. The van der Waals surface area contributed by atoms with E-state index in [0.29, 0.717) is 0 Å². The largest absolute Gasteiger partial charge is 0.369 e. The van der Waals surface area contributed by atoms with E-state index in [-0.39, 0.29) is 17.9 Å². The van der Waals surface area contributed by atoms with Gasteiger partial charge < -0.3 is 11.1 Å². The molecule has 2 rings (SSSR count). The van der Waals surface area contributed by atoms with Crippen molar-refractivity contribution in [1.29, 1.82) is 0 Å². The topological polar surface area (TPSA) is 68.0 Å². The second-order valence-electron chi connectivity index (χ2n) is 4.64. The van der Waals surface area contributed by atoms with Gasteiger partial charge in [0.2, 0.25) is 5.91 Å². The molecule has 4 nitrogen and oxygen atoms in total. The smallest absolute Gasteiger partial charge is 0.222 e. The molecule has 0 aliphatic heterocycles. The minimum absolute atomic E-state index is 0.0135. The summed E-state index contributed by atoms with van der Waals surface area (Å²) < 4.78 is 0. The van der Waals surface area contributed by atoms with Crippen LogP contribution in [0.3, 0.4) is 0 Å². The van der Waals surface area contributed by atoms with Crippen LogP contribution >= 0.6 is 0 Å². The zero-order valence-corrected chi connectivity index (χ0v) is 9.93. The Bertz CT molecular complexity index is 366. The molecule has 1 saturated carbocycles. The fraction of sp³-hybridized carbons (Fsp3) is 0.538. The normalized spacial score (nSPS) is 24.5. The van der Waals surface area contributed by atoms with E-state index in [2.05, 4.69) is 10.3 Å². The van der Waals surface area contributed by atoms with E-state index in [0.717, 1.165) is 31.4 Å². The molecule has 0 aromatic carbocycles. The van der Waals surface area contributed by atoms with Crippen LogP contribution in [-0.4, -0.2) is 16.9 Å². The molecule has 0 bridgehead atoms. The SMILES string of the molecule is NC(=O)[C@@H]1CCCC[C@H]1NCc1cccnc1. The van der Waals surface area contributed by atoms with Crippen LogP contribution in [0.25, 0.3) is 0 Å². The molecular formula is C13H19N3O. The Balaban J connectivity index is 1.90. The number of pyridine rings is 1. The van der Waals surface area contributed by atoms with Gasteiger partial charge in [0.1, 0.15) is 0 Å². The quantitative estimate of drug-likeness (QED) is 0.821. The lowest BCUT2D eigenvalue weighted by molar-refractivity contribution is -0.123. The van der Waals surface area contributed by atoms with Gasteiger partial charge >= 0.3 is 0 Å². The average molecular weight is 233 g/mol. The van der Waals surface area contributed by atoms with Gasteiger partial charge in [-0.3, -0.25) is 9.78 Å². The summed E-state index contributed by atoms with van der Waals surface area (Å²) in [7, 11) is 0. The lowest BCUT2D eigenvalue weighted by atomic mass is 9.84. The van der Waals surface area contributed by atoms with Crippen LogP contribution in [0, 0.1) is 5.92 Å². The lowest BCUT2D eigenvalue weighted by Crippen LogP contribution is -2.44. The van der Waals surface area contributed by atoms with Crippen LogP contribution in [0.2, 0.25) is 0 Å². The summed E-state index contributed by atoms with van der Waals surface area (Å²) in [5, 5.41) is 3.43. The van der Waals surface area contributed by atoms with E-state index >= 15 is 0 Å². The second kappa shape index (κ2) is 5.77. The Morgan fingerprint density at radius 2 is 2.29 bits per heavy atom. The number of hydrogen-bond acceptors (Lipinski definition) is 3. The number of nitrogens with two attached hydrogens (primary N) is 1. The maximum atomic E-state index is 11.3. The standard InChI is InChI=1S/C13H19N3O/c14-13(17)11-5-1-2-6-12(11)16-9-10-4-3-7-15-8-10/h3-4,7-8,11-12,16H,1-2,5-6,9H2,(H2,14,17)/t11-,12-/m1/s1. The molecule has 0 radical (unpaired) electrons. The minimum Gasteiger partial charge on any atom is -0.369 e. The third kappa shape index (κ3) is 3.27. The molecule has 0 spiro atoms. The van der Waals surface area contributed by atoms with Crippen molar-refractivity contribution in [2.45, 2.75) is 38.3 Å². The molecular weight excluding hydrogens is 214 g/mol. The van der Waals surface area contributed by atoms with Gasteiger partial charge in [0, 0.05) is 25.0 Å². The Morgan fingerprint density at radius 3 is 3.00 bits per heavy atom. The van der Waals surface area contributed by atoms with Crippen molar-refractivity contribution in [1.82, 2.24) is 10.3 Å². The van der Waals surface area contributed by atoms with Crippen LogP contribution in [0.15, 0.2) is 24.5 Å². The third-order valence-corrected chi connectivity index (χ3v) is 3.42. The van der Waals surface area contributed by atoms with Crippen LogP contribution in [0.5, 0.6) is 0 Å².